The molecule has 0 atom stereocenters. The van der Waals surface area contributed by atoms with E-state index in [2.05, 4.69) is 0 Å². The summed E-state index contributed by atoms with van der Waals surface area (Å²) in [7, 11) is 0. The lowest BCUT2D eigenvalue weighted by molar-refractivity contribution is -0.150. The van der Waals surface area contributed by atoms with Gasteiger partial charge in [-0.25, -0.2) is 0 Å². The van der Waals surface area contributed by atoms with E-state index in [1.54, 1.807) is 68.4 Å². The second-order valence-corrected chi connectivity index (χ2v) is 11.6. The molecule has 7 heteroatoms. The highest BCUT2D eigenvalue weighted by Gasteiger charge is 2.27. The second kappa shape index (κ2) is 11.6. The Morgan fingerprint density at radius 1 is 0.647 bits per heavy atom. The Labute approximate surface area is 203 Å². The lowest BCUT2D eigenvalue weighted by Crippen LogP contribution is -2.24. The van der Waals surface area contributed by atoms with Gasteiger partial charge in [0.25, 0.3) is 0 Å². The average Bonchev–Trinajstić information content (AvgIpc) is 2.66. The molecule has 0 amide bonds. The highest BCUT2D eigenvalue weighted by molar-refractivity contribution is 5.91. The van der Waals surface area contributed by atoms with E-state index in [9.17, 15) is 19.2 Å². The summed E-state index contributed by atoms with van der Waals surface area (Å²) in [5, 5.41) is 0. The molecule has 2 aliphatic rings. The molecular weight excluding hydrogens is 436 g/mol. The SMILES string of the molecule is CC(C)(C)C(=O)OC1=CC(=O)CCC1.CC(C)(C)C(=O)OC1=CCCC(OC(=O)C(C)(C)C)=C1. The lowest BCUT2D eigenvalue weighted by Gasteiger charge is -2.21. The Kier molecular flexibility index (Phi) is 10.0. The van der Waals surface area contributed by atoms with Crippen LogP contribution in [-0.2, 0) is 33.4 Å². The Morgan fingerprint density at radius 3 is 1.53 bits per heavy atom. The molecule has 2 aliphatic carbocycles. The Morgan fingerprint density at radius 2 is 1.09 bits per heavy atom. The summed E-state index contributed by atoms with van der Waals surface area (Å²) in [6.45, 7) is 16.2. The van der Waals surface area contributed by atoms with E-state index in [0.29, 0.717) is 43.0 Å². The zero-order valence-electron chi connectivity index (χ0n) is 22.1. The monoisotopic (exact) mass is 476 g/mol. The molecule has 0 aromatic carbocycles. The molecule has 7 nitrogen and oxygen atoms in total. The van der Waals surface area contributed by atoms with Crippen LogP contribution < -0.4 is 0 Å². The summed E-state index contributed by atoms with van der Waals surface area (Å²) in [5.41, 5.74) is -1.63. The van der Waals surface area contributed by atoms with Crippen LogP contribution in [0.25, 0.3) is 0 Å². The van der Waals surface area contributed by atoms with Crippen molar-refractivity contribution < 1.29 is 33.4 Å². The van der Waals surface area contributed by atoms with E-state index in [1.807, 2.05) is 6.08 Å². The van der Waals surface area contributed by atoms with Crippen molar-refractivity contribution in [3.8, 4) is 0 Å². The van der Waals surface area contributed by atoms with Crippen molar-refractivity contribution in [2.45, 2.75) is 94.4 Å². The van der Waals surface area contributed by atoms with Crippen LogP contribution in [0.2, 0.25) is 0 Å². The number of hydrogen-bond donors (Lipinski definition) is 0. The molecule has 0 unspecified atom stereocenters. The largest absolute Gasteiger partial charge is 0.431 e. The van der Waals surface area contributed by atoms with E-state index in [4.69, 9.17) is 14.2 Å². The van der Waals surface area contributed by atoms with Gasteiger partial charge in [-0.05, 0) is 81.2 Å². The number of rotatable bonds is 3. The number of carbonyl (C=O) groups is 4. The Bertz CT molecular complexity index is 881. The molecule has 2 rings (SSSR count). The molecule has 0 aromatic rings. The van der Waals surface area contributed by atoms with E-state index < -0.39 is 16.2 Å². The van der Waals surface area contributed by atoms with Crippen LogP contribution in [0.1, 0.15) is 94.4 Å². The molecule has 190 valence electrons. The molecule has 0 spiro atoms. The van der Waals surface area contributed by atoms with Crippen molar-refractivity contribution in [1.29, 1.82) is 0 Å². The fourth-order valence-corrected chi connectivity index (χ4v) is 2.44. The number of carbonyl (C=O) groups excluding carboxylic acids is 4. The van der Waals surface area contributed by atoms with Crippen LogP contribution in [0.15, 0.2) is 35.5 Å². The zero-order valence-corrected chi connectivity index (χ0v) is 22.1. The summed E-state index contributed by atoms with van der Waals surface area (Å²) >= 11 is 0. The first-order valence-electron chi connectivity index (χ1n) is 11.7. The fourth-order valence-electron chi connectivity index (χ4n) is 2.44. The molecular formula is C27H40O7. The molecule has 0 N–H and O–H groups in total. The van der Waals surface area contributed by atoms with Crippen LogP contribution in [0.5, 0.6) is 0 Å². The maximum Gasteiger partial charge on any atom is 0.316 e. The zero-order chi connectivity index (χ0) is 26.3. The fraction of sp³-hybridized carbons (Fsp3) is 0.630. The van der Waals surface area contributed by atoms with Gasteiger partial charge in [0.05, 0.1) is 16.2 Å². The van der Waals surface area contributed by atoms with Gasteiger partial charge in [0.2, 0.25) is 0 Å². The van der Waals surface area contributed by atoms with Crippen molar-refractivity contribution in [1.82, 2.24) is 0 Å². The average molecular weight is 477 g/mol. The van der Waals surface area contributed by atoms with Crippen molar-refractivity contribution in [3.63, 3.8) is 0 Å². The predicted molar refractivity (Wildman–Crippen MR) is 129 cm³/mol. The first-order chi connectivity index (χ1) is 15.4. The smallest absolute Gasteiger partial charge is 0.316 e. The van der Waals surface area contributed by atoms with E-state index in [0.717, 1.165) is 6.42 Å². The number of esters is 3. The van der Waals surface area contributed by atoms with Crippen molar-refractivity contribution >= 4 is 23.7 Å². The van der Waals surface area contributed by atoms with Crippen LogP contribution in [0.4, 0.5) is 0 Å². The van der Waals surface area contributed by atoms with Gasteiger partial charge in [-0.2, -0.15) is 0 Å². The number of hydrogen-bond acceptors (Lipinski definition) is 7. The van der Waals surface area contributed by atoms with E-state index in [-0.39, 0.29) is 23.7 Å². The minimum atomic E-state index is -0.561. The third-order valence-corrected chi connectivity index (χ3v) is 4.70. The van der Waals surface area contributed by atoms with Crippen LogP contribution in [0.3, 0.4) is 0 Å². The number of ether oxygens (including phenoxy) is 3. The van der Waals surface area contributed by atoms with Crippen molar-refractivity contribution in [2.24, 2.45) is 16.2 Å². The lowest BCUT2D eigenvalue weighted by atomic mass is 9.97. The van der Waals surface area contributed by atoms with Crippen LogP contribution in [-0.4, -0.2) is 23.7 Å². The summed E-state index contributed by atoms with van der Waals surface area (Å²) in [6.07, 6.45) is 8.25. The molecule has 0 heterocycles. The van der Waals surface area contributed by atoms with Gasteiger partial charge in [-0.3, -0.25) is 19.2 Å². The first-order valence-corrected chi connectivity index (χ1v) is 11.7. The Hall–Kier alpha value is -2.70. The van der Waals surface area contributed by atoms with Gasteiger partial charge in [0.1, 0.15) is 17.3 Å². The molecule has 0 fully saturated rings. The van der Waals surface area contributed by atoms with Gasteiger partial charge in [-0.15, -0.1) is 0 Å². The van der Waals surface area contributed by atoms with Gasteiger partial charge in [-0.1, -0.05) is 0 Å². The molecule has 0 aliphatic heterocycles. The predicted octanol–water partition coefficient (Wildman–Crippen LogP) is 5.94. The van der Waals surface area contributed by atoms with E-state index >= 15 is 0 Å². The molecule has 0 saturated heterocycles. The van der Waals surface area contributed by atoms with Crippen LogP contribution in [0, 0.1) is 16.2 Å². The quantitative estimate of drug-likeness (QED) is 0.367. The summed E-state index contributed by atoms with van der Waals surface area (Å²) < 4.78 is 15.8. The minimum Gasteiger partial charge on any atom is -0.431 e. The van der Waals surface area contributed by atoms with Crippen molar-refractivity contribution in [2.75, 3.05) is 0 Å². The minimum absolute atomic E-state index is 0.0490. The van der Waals surface area contributed by atoms with Gasteiger partial charge in [0, 0.05) is 31.4 Å². The summed E-state index contributed by atoms with van der Waals surface area (Å²) in [6, 6.07) is 0. The highest BCUT2D eigenvalue weighted by Crippen LogP contribution is 2.26. The normalized spacial score (nSPS) is 16.7. The first kappa shape index (κ1) is 29.3. The molecule has 0 saturated carbocycles. The highest BCUT2D eigenvalue weighted by atomic mass is 16.6. The number of ketones is 1. The molecule has 0 aromatic heterocycles. The standard InChI is InChI=1S/C16H24O4.C11H16O3/c1-15(2,3)13(17)19-11-8-7-9-12(10-11)20-14(18)16(4,5)6;1-11(2,3)10(13)14-9-6-4-5-8(12)7-9/h8,10H,7,9H2,1-6H3;7H,4-6H2,1-3H3. The van der Waals surface area contributed by atoms with Gasteiger partial charge >= 0.3 is 17.9 Å². The summed E-state index contributed by atoms with van der Waals surface area (Å²) in [5.74, 6) is 0.695. The third-order valence-electron chi connectivity index (χ3n) is 4.70. The maximum atomic E-state index is 11.8. The number of allylic oxidation sites excluding steroid dienone is 5. The van der Waals surface area contributed by atoms with Crippen LogP contribution >= 0.6 is 0 Å². The van der Waals surface area contributed by atoms with E-state index in [1.165, 1.54) is 6.08 Å². The maximum absolute atomic E-state index is 11.8. The molecule has 34 heavy (non-hydrogen) atoms. The molecule has 0 bridgehead atoms. The van der Waals surface area contributed by atoms with Gasteiger partial charge in [0.15, 0.2) is 5.78 Å². The molecule has 0 radical (unpaired) electrons. The third kappa shape index (κ3) is 10.5. The van der Waals surface area contributed by atoms with Crippen molar-refractivity contribution in [3.05, 3.63) is 35.5 Å². The summed E-state index contributed by atoms with van der Waals surface area (Å²) in [4.78, 5) is 46.2. The Balaban J connectivity index is 0.000000362. The second-order valence-electron chi connectivity index (χ2n) is 11.6. The van der Waals surface area contributed by atoms with Gasteiger partial charge < -0.3 is 14.2 Å². The topological polar surface area (TPSA) is 96.0 Å².